The van der Waals surface area contributed by atoms with Gasteiger partial charge in [0.25, 0.3) is 0 Å². The Hall–Kier alpha value is -0.0400. The first-order chi connectivity index (χ1) is 9.05. The molecule has 0 spiro atoms. The average Bonchev–Trinajstić information content (AvgIpc) is 2.41. The molecule has 19 heavy (non-hydrogen) atoms. The molecular formula is C18H35N. The maximum atomic E-state index is 3.46. The van der Waals surface area contributed by atoms with Gasteiger partial charge < -0.3 is 5.32 Å². The van der Waals surface area contributed by atoms with Gasteiger partial charge in [0.15, 0.2) is 0 Å². The maximum Gasteiger partial charge on any atom is -0.00208 e. The normalized spacial score (nSPS) is 39.2. The van der Waals surface area contributed by atoms with Crippen LogP contribution in [0, 0.1) is 29.1 Å². The molecule has 4 unspecified atom stereocenters. The molecule has 2 aliphatic carbocycles. The minimum absolute atomic E-state index is 0.591. The predicted octanol–water partition coefficient (Wildman–Crippen LogP) is 4.86. The monoisotopic (exact) mass is 265 g/mol. The first-order valence-electron chi connectivity index (χ1n) is 8.70. The summed E-state index contributed by atoms with van der Waals surface area (Å²) in [4.78, 5) is 0. The van der Waals surface area contributed by atoms with E-state index in [0.717, 1.165) is 23.7 Å². The van der Waals surface area contributed by atoms with Crippen molar-refractivity contribution in [2.75, 3.05) is 13.6 Å². The summed E-state index contributed by atoms with van der Waals surface area (Å²) in [7, 11) is 2.13. The van der Waals surface area contributed by atoms with Crippen molar-refractivity contribution < 1.29 is 0 Å². The van der Waals surface area contributed by atoms with Gasteiger partial charge in [-0.15, -0.1) is 0 Å². The lowest BCUT2D eigenvalue weighted by Crippen LogP contribution is -2.40. The highest BCUT2D eigenvalue weighted by Gasteiger charge is 2.39. The van der Waals surface area contributed by atoms with Crippen molar-refractivity contribution in [3.63, 3.8) is 0 Å². The molecule has 0 amide bonds. The number of rotatable bonds is 4. The molecule has 1 nitrogen and oxygen atoms in total. The van der Waals surface area contributed by atoms with E-state index in [-0.39, 0.29) is 0 Å². The lowest BCUT2D eigenvalue weighted by molar-refractivity contribution is 0.0470. The molecule has 0 heterocycles. The summed E-state index contributed by atoms with van der Waals surface area (Å²) in [5, 5.41) is 3.46. The van der Waals surface area contributed by atoms with Gasteiger partial charge in [0.2, 0.25) is 0 Å². The van der Waals surface area contributed by atoms with Gasteiger partial charge in [0.1, 0.15) is 0 Å². The zero-order valence-corrected chi connectivity index (χ0v) is 13.7. The molecule has 0 saturated heterocycles. The van der Waals surface area contributed by atoms with Gasteiger partial charge in [0.05, 0.1) is 0 Å². The van der Waals surface area contributed by atoms with E-state index in [9.17, 15) is 0 Å². The molecule has 2 fully saturated rings. The van der Waals surface area contributed by atoms with Crippen molar-refractivity contribution in [1.82, 2.24) is 5.32 Å². The molecule has 0 radical (unpaired) electrons. The summed E-state index contributed by atoms with van der Waals surface area (Å²) in [5.74, 6) is 3.99. The van der Waals surface area contributed by atoms with E-state index in [1.54, 1.807) is 0 Å². The summed E-state index contributed by atoms with van der Waals surface area (Å²) < 4.78 is 0. The van der Waals surface area contributed by atoms with Crippen molar-refractivity contribution in [2.45, 2.75) is 72.1 Å². The predicted molar refractivity (Wildman–Crippen MR) is 84.3 cm³/mol. The van der Waals surface area contributed by atoms with Gasteiger partial charge in [-0.2, -0.15) is 0 Å². The second-order valence-corrected chi connectivity index (χ2v) is 8.09. The van der Waals surface area contributed by atoms with Crippen molar-refractivity contribution in [3.8, 4) is 0 Å². The average molecular weight is 265 g/mol. The highest BCUT2D eigenvalue weighted by atomic mass is 14.8. The van der Waals surface area contributed by atoms with Crippen LogP contribution in [0.25, 0.3) is 0 Å². The zero-order valence-electron chi connectivity index (χ0n) is 13.7. The van der Waals surface area contributed by atoms with Crippen LogP contribution in [-0.2, 0) is 0 Å². The van der Waals surface area contributed by atoms with Crippen molar-refractivity contribution >= 4 is 0 Å². The smallest absolute Gasteiger partial charge is 0.00208 e. The summed E-state index contributed by atoms with van der Waals surface area (Å²) >= 11 is 0. The van der Waals surface area contributed by atoms with Crippen molar-refractivity contribution in [2.24, 2.45) is 29.1 Å². The lowest BCUT2D eigenvalue weighted by Gasteiger charge is -2.46. The van der Waals surface area contributed by atoms with E-state index in [0.29, 0.717) is 5.41 Å². The molecule has 0 aromatic carbocycles. The Kier molecular flexibility index (Phi) is 5.34. The molecule has 0 aromatic heterocycles. The van der Waals surface area contributed by atoms with Crippen LogP contribution in [-0.4, -0.2) is 13.6 Å². The van der Waals surface area contributed by atoms with Crippen molar-refractivity contribution in [1.29, 1.82) is 0 Å². The molecule has 112 valence electrons. The zero-order chi connectivity index (χ0) is 13.9. The standard InChI is InChI=1S/C18H35N/c1-5-14-7-6-8-15(11-14)17-12-18(2,3)10-9-16(17)13-19-4/h14-17,19H,5-13H2,1-4H3. The Labute approximate surface area is 120 Å². The molecule has 2 saturated carbocycles. The van der Waals surface area contributed by atoms with Crippen LogP contribution in [0.15, 0.2) is 0 Å². The van der Waals surface area contributed by atoms with E-state index < -0.39 is 0 Å². The molecule has 2 aliphatic rings. The second-order valence-electron chi connectivity index (χ2n) is 8.09. The third-order valence-electron chi connectivity index (χ3n) is 6.06. The molecule has 0 aliphatic heterocycles. The molecule has 4 atom stereocenters. The van der Waals surface area contributed by atoms with E-state index in [1.807, 2.05) is 0 Å². The molecule has 1 heteroatoms. The van der Waals surface area contributed by atoms with Gasteiger partial charge in [-0.05, 0) is 68.4 Å². The Morgan fingerprint density at radius 2 is 1.95 bits per heavy atom. The molecule has 1 N–H and O–H groups in total. The minimum atomic E-state index is 0.591. The van der Waals surface area contributed by atoms with E-state index in [1.165, 1.54) is 57.9 Å². The van der Waals surface area contributed by atoms with Crippen LogP contribution < -0.4 is 5.32 Å². The first-order valence-corrected chi connectivity index (χ1v) is 8.70. The second kappa shape index (κ2) is 6.61. The molecule has 0 aromatic rings. The minimum Gasteiger partial charge on any atom is -0.319 e. The summed E-state index contributed by atoms with van der Waals surface area (Å²) in [6, 6.07) is 0. The number of hydrogen-bond donors (Lipinski definition) is 1. The van der Waals surface area contributed by atoms with Crippen LogP contribution >= 0.6 is 0 Å². The third-order valence-corrected chi connectivity index (χ3v) is 6.06. The van der Waals surface area contributed by atoms with Crippen molar-refractivity contribution in [3.05, 3.63) is 0 Å². The number of hydrogen-bond acceptors (Lipinski definition) is 1. The van der Waals surface area contributed by atoms with E-state index in [2.05, 4.69) is 33.1 Å². The molecule has 0 bridgehead atoms. The Morgan fingerprint density at radius 1 is 1.16 bits per heavy atom. The Balaban J connectivity index is 2.03. The fourth-order valence-corrected chi connectivity index (χ4v) is 4.86. The van der Waals surface area contributed by atoms with Gasteiger partial charge >= 0.3 is 0 Å². The fraction of sp³-hybridized carbons (Fsp3) is 1.00. The maximum absolute atomic E-state index is 3.46. The van der Waals surface area contributed by atoms with Crippen LogP contribution in [0.1, 0.15) is 72.1 Å². The lowest BCUT2D eigenvalue weighted by atomic mass is 9.60. The third kappa shape index (κ3) is 3.97. The quantitative estimate of drug-likeness (QED) is 0.765. The SMILES string of the molecule is CCC1CCCC(C2CC(C)(C)CCC2CNC)C1. The summed E-state index contributed by atoms with van der Waals surface area (Å²) in [5.41, 5.74) is 0.591. The Bertz CT molecular complexity index is 271. The molecular weight excluding hydrogens is 230 g/mol. The summed E-state index contributed by atoms with van der Waals surface area (Å²) in [6.45, 7) is 8.63. The van der Waals surface area contributed by atoms with Gasteiger partial charge in [-0.3, -0.25) is 0 Å². The largest absolute Gasteiger partial charge is 0.319 e. The van der Waals surface area contributed by atoms with Gasteiger partial charge in [-0.25, -0.2) is 0 Å². The fourth-order valence-electron chi connectivity index (χ4n) is 4.86. The Morgan fingerprint density at radius 3 is 2.63 bits per heavy atom. The van der Waals surface area contributed by atoms with Gasteiger partial charge in [-0.1, -0.05) is 46.5 Å². The van der Waals surface area contributed by atoms with Crippen LogP contribution in [0.4, 0.5) is 0 Å². The van der Waals surface area contributed by atoms with Gasteiger partial charge in [0, 0.05) is 0 Å². The highest BCUT2D eigenvalue weighted by Crippen LogP contribution is 2.49. The van der Waals surface area contributed by atoms with E-state index >= 15 is 0 Å². The molecule has 2 rings (SSSR count). The highest BCUT2D eigenvalue weighted by molar-refractivity contribution is 4.90. The topological polar surface area (TPSA) is 12.0 Å². The number of nitrogens with one attached hydrogen (secondary N) is 1. The van der Waals surface area contributed by atoms with Crippen LogP contribution in [0.2, 0.25) is 0 Å². The van der Waals surface area contributed by atoms with Crippen LogP contribution in [0.5, 0.6) is 0 Å². The first kappa shape index (κ1) is 15.4. The van der Waals surface area contributed by atoms with Crippen LogP contribution in [0.3, 0.4) is 0 Å². The summed E-state index contributed by atoms with van der Waals surface area (Å²) in [6.07, 6.45) is 11.8. The van der Waals surface area contributed by atoms with E-state index in [4.69, 9.17) is 0 Å².